The molecule has 0 saturated carbocycles. The van der Waals surface area contributed by atoms with E-state index in [1.54, 1.807) is 6.20 Å². The predicted molar refractivity (Wildman–Crippen MR) is 62.7 cm³/mol. The first kappa shape index (κ1) is 11.3. The molecule has 90 valence electrons. The Bertz CT molecular complexity index is 509. The lowest BCUT2D eigenvalue weighted by molar-refractivity contribution is 0.379. The molecule has 0 aliphatic rings. The van der Waals surface area contributed by atoms with E-state index in [0.717, 1.165) is 6.54 Å². The van der Waals surface area contributed by atoms with Crippen molar-refractivity contribution in [3.63, 3.8) is 0 Å². The molecule has 0 spiro atoms. The molecular weight excluding hydrogens is 220 g/mol. The zero-order valence-corrected chi connectivity index (χ0v) is 10.0. The number of nitrogens with one attached hydrogen (secondary N) is 1. The summed E-state index contributed by atoms with van der Waals surface area (Å²) in [6, 6.07) is 0.272. The summed E-state index contributed by atoms with van der Waals surface area (Å²) in [4.78, 5) is 16.7. The fourth-order valence-corrected chi connectivity index (χ4v) is 1.37. The van der Waals surface area contributed by atoms with Gasteiger partial charge in [-0.25, -0.2) is 4.98 Å². The van der Waals surface area contributed by atoms with Crippen LogP contribution in [0.1, 0.15) is 6.92 Å². The van der Waals surface area contributed by atoms with Crippen molar-refractivity contribution in [2.75, 3.05) is 19.0 Å². The van der Waals surface area contributed by atoms with E-state index >= 15 is 0 Å². The van der Waals surface area contributed by atoms with Crippen molar-refractivity contribution in [2.45, 2.75) is 6.92 Å². The van der Waals surface area contributed by atoms with Crippen molar-refractivity contribution in [3.05, 3.63) is 12.4 Å². The summed E-state index contributed by atoms with van der Waals surface area (Å²) in [5.41, 5.74) is 0. The van der Waals surface area contributed by atoms with Gasteiger partial charge in [0.1, 0.15) is 0 Å². The number of aromatic nitrogens is 5. The first-order chi connectivity index (χ1) is 8.24. The van der Waals surface area contributed by atoms with E-state index in [1.807, 2.05) is 24.7 Å². The number of nitrogens with zero attached hydrogens (tertiary/aromatic N) is 5. The number of aryl methyl sites for hydroxylation is 1. The quantitative estimate of drug-likeness (QED) is 0.839. The third kappa shape index (κ3) is 2.32. The molecule has 7 nitrogen and oxygen atoms in total. The summed E-state index contributed by atoms with van der Waals surface area (Å²) in [5.74, 6) is 1.64. The normalized spacial score (nSPS) is 10.3. The molecule has 1 N–H and O–H groups in total. The van der Waals surface area contributed by atoms with Gasteiger partial charge in [-0.05, 0) is 6.92 Å². The maximum absolute atomic E-state index is 5.04. The van der Waals surface area contributed by atoms with Crippen LogP contribution >= 0.6 is 0 Å². The van der Waals surface area contributed by atoms with E-state index in [4.69, 9.17) is 4.74 Å². The molecule has 0 saturated heterocycles. The summed E-state index contributed by atoms with van der Waals surface area (Å²) in [6.45, 7) is 2.70. The van der Waals surface area contributed by atoms with Crippen LogP contribution in [0.25, 0.3) is 11.6 Å². The Morgan fingerprint density at radius 1 is 1.35 bits per heavy atom. The van der Waals surface area contributed by atoms with Gasteiger partial charge in [0.25, 0.3) is 0 Å². The van der Waals surface area contributed by atoms with Crippen molar-refractivity contribution in [3.8, 4) is 17.7 Å². The van der Waals surface area contributed by atoms with E-state index in [0.29, 0.717) is 17.6 Å². The highest BCUT2D eigenvalue weighted by Crippen LogP contribution is 2.16. The van der Waals surface area contributed by atoms with Gasteiger partial charge in [0.15, 0.2) is 5.82 Å². The van der Waals surface area contributed by atoms with Crippen molar-refractivity contribution < 1.29 is 4.74 Å². The maximum atomic E-state index is 5.04. The minimum atomic E-state index is 0.272. The van der Waals surface area contributed by atoms with E-state index in [1.165, 1.54) is 7.11 Å². The number of methoxy groups -OCH3 is 1. The number of imidazole rings is 1. The number of hydrogen-bond donors (Lipinski definition) is 1. The van der Waals surface area contributed by atoms with Crippen LogP contribution in [0.2, 0.25) is 0 Å². The topological polar surface area (TPSA) is 77.8 Å². The second-order valence-electron chi connectivity index (χ2n) is 3.36. The Labute approximate surface area is 98.9 Å². The lowest BCUT2D eigenvalue weighted by Crippen LogP contribution is -2.07. The van der Waals surface area contributed by atoms with E-state index < -0.39 is 0 Å². The second-order valence-corrected chi connectivity index (χ2v) is 3.36. The highest BCUT2D eigenvalue weighted by Gasteiger charge is 2.11. The first-order valence-corrected chi connectivity index (χ1v) is 5.26. The molecular formula is C10H14N6O. The monoisotopic (exact) mass is 234 g/mol. The van der Waals surface area contributed by atoms with Crippen molar-refractivity contribution in [2.24, 2.45) is 7.05 Å². The lowest BCUT2D eigenvalue weighted by atomic mass is 10.5. The Kier molecular flexibility index (Phi) is 3.17. The van der Waals surface area contributed by atoms with Crippen molar-refractivity contribution in [1.29, 1.82) is 0 Å². The number of ether oxygens (including phenoxy) is 1. The smallest absolute Gasteiger partial charge is 0.321 e. The van der Waals surface area contributed by atoms with E-state index in [2.05, 4.69) is 25.3 Å². The Balaban J connectivity index is 2.46. The fourth-order valence-electron chi connectivity index (χ4n) is 1.37. The molecule has 0 aliphatic heterocycles. The summed E-state index contributed by atoms with van der Waals surface area (Å²) < 4.78 is 6.88. The highest BCUT2D eigenvalue weighted by atomic mass is 16.5. The van der Waals surface area contributed by atoms with Gasteiger partial charge in [0, 0.05) is 26.0 Å². The van der Waals surface area contributed by atoms with Crippen LogP contribution < -0.4 is 10.1 Å². The largest absolute Gasteiger partial charge is 0.467 e. The van der Waals surface area contributed by atoms with Crippen molar-refractivity contribution >= 4 is 5.95 Å². The molecule has 0 aliphatic carbocycles. The van der Waals surface area contributed by atoms with Crippen LogP contribution in [0.4, 0.5) is 5.95 Å². The molecule has 2 aromatic rings. The van der Waals surface area contributed by atoms with Gasteiger partial charge in [-0.15, -0.1) is 0 Å². The van der Waals surface area contributed by atoms with E-state index in [-0.39, 0.29) is 6.01 Å². The Morgan fingerprint density at radius 3 is 2.76 bits per heavy atom. The molecule has 0 aromatic carbocycles. The standard InChI is InChI=1S/C10H14N6O/c1-4-11-9-13-7(14-10(15-9)17-3)8-12-5-6-16(8)2/h5-6H,4H2,1-3H3,(H,11,13,14,15). The fraction of sp³-hybridized carbons (Fsp3) is 0.400. The summed E-state index contributed by atoms with van der Waals surface area (Å²) in [7, 11) is 3.40. The highest BCUT2D eigenvalue weighted by molar-refractivity contribution is 5.47. The average molecular weight is 234 g/mol. The minimum Gasteiger partial charge on any atom is -0.467 e. The maximum Gasteiger partial charge on any atom is 0.321 e. The van der Waals surface area contributed by atoms with Crippen LogP contribution in [0.5, 0.6) is 6.01 Å². The first-order valence-electron chi connectivity index (χ1n) is 5.26. The lowest BCUT2D eigenvalue weighted by Gasteiger charge is -2.06. The van der Waals surface area contributed by atoms with Gasteiger partial charge >= 0.3 is 6.01 Å². The molecule has 0 amide bonds. The van der Waals surface area contributed by atoms with Gasteiger partial charge in [-0.3, -0.25) is 0 Å². The molecule has 0 unspecified atom stereocenters. The van der Waals surface area contributed by atoms with Gasteiger partial charge in [0.05, 0.1) is 7.11 Å². The zero-order valence-electron chi connectivity index (χ0n) is 10.0. The molecule has 2 aromatic heterocycles. The molecule has 7 heteroatoms. The third-order valence-corrected chi connectivity index (χ3v) is 2.15. The molecule has 0 atom stereocenters. The molecule has 2 rings (SSSR count). The second kappa shape index (κ2) is 4.77. The minimum absolute atomic E-state index is 0.272. The summed E-state index contributed by atoms with van der Waals surface area (Å²) in [5, 5.41) is 3.02. The molecule has 0 bridgehead atoms. The summed E-state index contributed by atoms with van der Waals surface area (Å²) in [6.07, 6.45) is 3.52. The summed E-state index contributed by atoms with van der Waals surface area (Å²) >= 11 is 0. The van der Waals surface area contributed by atoms with E-state index in [9.17, 15) is 0 Å². The number of anilines is 1. The number of hydrogen-bond acceptors (Lipinski definition) is 6. The Morgan fingerprint density at radius 2 is 2.18 bits per heavy atom. The van der Waals surface area contributed by atoms with Crippen LogP contribution in [-0.4, -0.2) is 38.2 Å². The zero-order chi connectivity index (χ0) is 12.3. The molecule has 0 fully saturated rings. The third-order valence-electron chi connectivity index (χ3n) is 2.15. The predicted octanol–water partition coefficient (Wildman–Crippen LogP) is 0.712. The van der Waals surface area contributed by atoms with Gasteiger partial charge in [-0.1, -0.05) is 0 Å². The Hall–Kier alpha value is -2.18. The van der Waals surface area contributed by atoms with Crippen LogP contribution in [0.15, 0.2) is 12.4 Å². The van der Waals surface area contributed by atoms with Crippen molar-refractivity contribution in [1.82, 2.24) is 24.5 Å². The van der Waals surface area contributed by atoms with Gasteiger partial charge in [0.2, 0.25) is 11.8 Å². The molecule has 0 radical (unpaired) electrons. The van der Waals surface area contributed by atoms with Crippen LogP contribution in [0.3, 0.4) is 0 Å². The van der Waals surface area contributed by atoms with Crippen LogP contribution in [0, 0.1) is 0 Å². The van der Waals surface area contributed by atoms with Crippen LogP contribution in [-0.2, 0) is 7.05 Å². The van der Waals surface area contributed by atoms with Gasteiger partial charge < -0.3 is 14.6 Å². The molecule has 2 heterocycles. The molecule has 17 heavy (non-hydrogen) atoms. The van der Waals surface area contributed by atoms with Gasteiger partial charge in [-0.2, -0.15) is 15.0 Å². The number of rotatable bonds is 4. The SMILES string of the molecule is CCNc1nc(OC)nc(-c2nccn2C)n1. The average Bonchev–Trinajstić information content (AvgIpc) is 2.75.